The van der Waals surface area contributed by atoms with Crippen LogP contribution in [0.3, 0.4) is 0 Å². The van der Waals surface area contributed by atoms with Gasteiger partial charge < -0.3 is 0 Å². The zero-order valence-corrected chi connectivity index (χ0v) is 20.9. The minimum atomic E-state index is 1.25. The molecule has 0 radical (unpaired) electrons. The van der Waals surface area contributed by atoms with Crippen LogP contribution < -0.4 is 0 Å². The molecule has 0 heteroatoms. The van der Waals surface area contributed by atoms with E-state index in [1.165, 1.54) is 152 Å². The Morgan fingerprint density at radius 3 is 0.933 bits per heavy atom. The van der Waals surface area contributed by atoms with Crippen molar-refractivity contribution >= 4 is 0 Å². The van der Waals surface area contributed by atoms with Crippen LogP contribution in [0.15, 0.2) is 24.3 Å². The predicted octanol–water partition coefficient (Wildman–Crippen LogP) is 10.6. The van der Waals surface area contributed by atoms with Gasteiger partial charge >= 0.3 is 0 Å². The van der Waals surface area contributed by atoms with Crippen molar-refractivity contribution in [1.29, 1.82) is 0 Å². The zero-order valence-electron chi connectivity index (χ0n) is 20.9. The molecule has 0 aromatic heterocycles. The van der Waals surface area contributed by atoms with Crippen molar-refractivity contribution in [3.8, 4) is 0 Å². The fourth-order valence-electron chi connectivity index (χ4n) is 4.48. The molecule has 174 valence electrons. The number of benzene rings is 1. The summed E-state index contributed by atoms with van der Waals surface area (Å²) in [5, 5.41) is 0. The molecule has 0 nitrogen and oxygen atoms in total. The van der Waals surface area contributed by atoms with Crippen molar-refractivity contribution < 1.29 is 0 Å². The summed E-state index contributed by atoms with van der Waals surface area (Å²) >= 11 is 0. The van der Waals surface area contributed by atoms with Crippen LogP contribution in [-0.2, 0) is 12.8 Å². The highest BCUT2D eigenvalue weighted by Crippen LogP contribution is 2.15. The molecule has 0 bridgehead atoms. The fourth-order valence-corrected chi connectivity index (χ4v) is 4.48. The predicted molar refractivity (Wildman–Crippen MR) is 138 cm³/mol. The van der Waals surface area contributed by atoms with E-state index in [4.69, 9.17) is 0 Å². The summed E-state index contributed by atoms with van der Waals surface area (Å²) in [4.78, 5) is 0. The van der Waals surface area contributed by atoms with E-state index in [1.807, 2.05) is 0 Å². The van der Waals surface area contributed by atoms with Gasteiger partial charge in [-0.25, -0.2) is 0 Å². The van der Waals surface area contributed by atoms with Crippen LogP contribution in [-0.4, -0.2) is 0 Å². The van der Waals surface area contributed by atoms with Gasteiger partial charge in [0.15, 0.2) is 0 Å². The highest BCUT2D eigenvalue weighted by molar-refractivity contribution is 5.22. The summed E-state index contributed by atoms with van der Waals surface area (Å²) in [7, 11) is 0. The summed E-state index contributed by atoms with van der Waals surface area (Å²) in [5.41, 5.74) is 3.05. The Kier molecular flexibility index (Phi) is 19.5. The Morgan fingerprint density at radius 2 is 0.600 bits per heavy atom. The molecule has 0 amide bonds. The summed E-state index contributed by atoms with van der Waals surface area (Å²) < 4.78 is 0. The smallest absolute Gasteiger partial charge is 0.0279 e. The van der Waals surface area contributed by atoms with Crippen LogP contribution in [0.1, 0.15) is 153 Å². The molecule has 0 spiro atoms. The molecule has 0 saturated carbocycles. The van der Waals surface area contributed by atoms with Crippen molar-refractivity contribution in [3.63, 3.8) is 0 Å². The minimum absolute atomic E-state index is 1.25. The van der Waals surface area contributed by atoms with Gasteiger partial charge in [-0.05, 0) is 36.8 Å². The first-order valence-corrected chi connectivity index (χ1v) is 13.9. The van der Waals surface area contributed by atoms with E-state index < -0.39 is 0 Å². The lowest BCUT2D eigenvalue weighted by Crippen LogP contribution is -1.89. The minimum Gasteiger partial charge on any atom is -0.0654 e. The normalized spacial score (nSPS) is 11.3. The van der Waals surface area contributed by atoms with Gasteiger partial charge in [0.05, 0.1) is 0 Å². The SMILES string of the molecule is CCCCCCCCCCCCCCCCCCCCc1ccc(CCCC)cc1. The Labute approximate surface area is 190 Å². The molecule has 1 rings (SSSR count). The maximum absolute atomic E-state index is 2.36. The third-order valence-electron chi connectivity index (χ3n) is 6.66. The lowest BCUT2D eigenvalue weighted by Gasteiger charge is -2.05. The number of hydrogen-bond donors (Lipinski definition) is 0. The molecule has 0 aliphatic rings. The molecule has 30 heavy (non-hydrogen) atoms. The first-order valence-electron chi connectivity index (χ1n) is 13.9. The second kappa shape index (κ2) is 21.5. The van der Waals surface area contributed by atoms with Crippen molar-refractivity contribution in [2.24, 2.45) is 0 Å². The van der Waals surface area contributed by atoms with Gasteiger partial charge in [0, 0.05) is 0 Å². The monoisotopic (exact) mass is 414 g/mol. The largest absolute Gasteiger partial charge is 0.0654 e. The number of aryl methyl sites for hydroxylation is 2. The van der Waals surface area contributed by atoms with Gasteiger partial charge in [0.2, 0.25) is 0 Å². The van der Waals surface area contributed by atoms with E-state index in [0.717, 1.165) is 0 Å². The van der Waals surface area contributed by atoms with E-state index in [-0.39, 0.29) is 0 Å². The van der Waals surface area contributed by atoms with E-state index in [2.05, 4.69) is 38.1 Å². The van der Waals surface area contributed by atoms with Crippen molar-refractivity contribution in [2.45, 2.75) is 155 Å². The van der Waals surface area contributed by atoms with Crippen LogP contribution >= 0.6 is 0 Å². The molecule has 0 heterocycles. The molecule has 0 aliphatic carbocycles. The first kappa shape index (κ1) is 27.3. The number of unbranched alkanes of at least 4 members (excludes halogenated alkanes) is 18. The van der Waals surface area contributed by atoms with Crippen LogP contribution in [0.4, 0.5) is 0 Å². The molecule has 0 N–H and O–H groups in total. The maximum Gasteiger partial charge on any atom is -0.0279 e. The summed E-state index contributed by atoms with van der Waals surface area (Å²) in [6, 6.07) is 9.41. The molecule has 0 fully saturated rings. The van der Waals surface area contributed by atoms with E-state index >= 15 is 0 Å². The van der Waals surface area contributed by atoms with E-state index in [9.17, 15) is 0 Å². The Bertz CT molecular complexity index is 444. The lowest BCUT2D eigenvalue weighted by molar-refractivity contribution is 0.525. The molecule has 0 unspecified atom stereocenters. The van der Waals surface area contributed by atoms with Crippen molar-refractivity contribution in [3.05, 3.63) is 35.4 Å². The Morgan fingerprint density at radius 1 is 0.333 bits per heavy atom. The summed E-state index contributed by atoms with van der Waals surface area (Å²) in [6.45, 7) is 4.57. The van der Waals surface area contributed by atoms with Gasteiger partial charge in [-0.1, -0.05) is 154 Å². The van der Waals surface area contributed by atoms with Crippen LogP contribution in [0, 0.1) is 0 Å². The molecular weight excluding hydrogens is 360 g/mol. The quantitative estimate of drug-likeness (QED) is 0.165. The highest BCUT2D eigenvalue weighted by atomic mass is 14.0. The third kappa shape index (κ3) is 17.0. The maximum atomic E-state index is 2.36. The molecule has 0 saturated heterocycles. The average molecular weight is 415 g/mol. The standard InChI is InChI=1S/C30H54/c1-3-5-7-8-9-10-11-12-13-14-15-16-17-18-19-20-21-22-24-30-27-25-29(26-28-30)23-6-4-2/h25-28H,3-24H2,1-2H3. The zero-order chi connectivity index (χ0) is 21.5. The van der Waals surface area contributed by atoms with Crippen molar-refractivity contribution in [1.82, 2.24) is 0 Å². The topological polar surface area (TPSA) is 0 Å². The van der Waals surface area contributed by atoms with Gasteiger partial charge in [0.1, 0.15) is 0 Å². The number of hydrogen-bond acceptors (Lipinski definition) is 0. The van der Waals surface area contributed by atoms with Gasteiger partial charge in [-0.15, -0.1) is 0 Å². The highest BCUT2D eigenvalue weighted by Gasteiger charge is 1.97. The van der Waals surface area contributed by atoms with Crippen LogP contribution in [0.25, 0.3) is 0 Å². The van der Waals surface area contributed by atoms with E-state index in [1.54, 1.807) is 0 Å². The molecule has 1 aromatic carbocycles. The fraction of sp³-hybridized carbons (Fsp3) is 0.800. The molecule has 1 aromatic rings. The van der Waals surface area contributed by atoms with E-state index in [0.29, 0.717) is 0 Å². The van der Waals surface area contributed by atoms with Gasteiger partial charge in [-0.2, -0.15) is 0 Å². The second-order valence-corrected chi connectivity index (χ2v) is 9.68. The van der Waals surface area contributed by atoms with Crippen molar-refractivity contribution in [2.75, 3.05) is 0 Å². The third-order valence-corrected chi connectivity index (χ3v) is 6.66. The Hall–Kier alpha value is -0.780. The Balaban J connectivity index is 1.77. The molecule has 0 aliphatic heterocycles. The van der Waals surface area contributed by atoms with Crippen LogP contribution in [0.5, 0.6) is 0 Å². The summed E-state index contributed by atoms with van der Waals surface area (Å²) in [6.07, 6.45) is 31.3. The van der Waals surface area contributed by atoms with Gasteiger partial charge in [0.25, 0.3) is 0 Å². The first-order chi connectivity index (χ1) is 14.9. The lowest BCUT2D eigenvalue weighted by atomic mass is 10.0. The average Bonchev–Trinajstić information content (AvgIpc) is 2.77. The van der Waals surface area contributed by atoms with Gasteiger partial charge in [-0.3, -0.25) is 0 Å². The molecule has 0 atom stereocenters. The molecular formula is C30H54. The van der Waals surface area contributed by atoms with Crippen LogP contribution in [0.2, 0.25) is 0 Å². The second-order valence-electron chi connectivity index (χ2n) is 9.68. The summed E-state index contributed by atoms with van der Waals surface area (Å²) in [5.74, 6) is 0. The number of rotatable bonds is 22.